The van der Waals surface area contributed by atoms with Gasteiger partial charge in [0.05, 0.1) is 11.0 Å². The van der Waals surface area contributed by atoms with Crippen molar-refractivity contribution in [3.63, 3.8) is 0 Å². The highest BCUT2D eigenvalue weighted by atomic mass is 32.2. The summed E-state index contributed by atoms with van der Waals surface area (Å²) < 4.78 is 22.9. The van der Waals surface area contributed by atoms with E-state index in [1.54, 1.807) is 0 Å². The van der Waals surface area contributed by atoms with Crippen molar-refractivity contribution in [1.29, 1.82) is 0 Å². The Kier molecular flexibility index (Phi) is 5.26. The van der Waals surface area contributed by atoms with Gasteiger partial charge in [0.15, 0.2) is 9.84 Å². The zero-order valence-electron chi connectivity index (χ0n) is 8.66. The first-order chi connectivity index (χ1) is 6.67. The van der Waals surface area contributed by atoms with Crippen LogP contribution in [0.25, 0.3) is 0 Å². The van der Waals surface area contributed by atoms with Crippen LogP contribution in [0.1, 0.15) is 19.8 Å². The first kappa shape index (κ1) is 12.3. The molecule has 5 heteroatoms. The summed E-state index contributed by atoms with van der Waals surface area (Å²) in [6.07, 6.45) is 1.69. The van der Waals surface area contributed by atoms with Crippen molar-refractivity contribution < 1.29 is 8.42 Å². The summed E-state index contributed by atoms with van der Waals surface area (Å²) in [6.45, 7) is 3.70. The summed E-state index contributed by atoms with van der Waals surface area (Å²) >= 11 is 1.88. The van der Waals surface area contributed by atoms with Crippen LogP contribution in [-0.4, -0.2) is 44.0 Å². The molecule has 0 aromatic carbocycles. The van der Waals surface area contributed by atoms with Crippen LogP contribution in [0.2, 0.25) is 0 Å². The second-order valence-electron chi connectivity index (χ2n) is 3.53. The van der Waals surface area contributed by atoms with Crippen LogP contribution in [0.3, 0.4) is 0 Å². The molecule has 1 aliphatic heterocycles. The Morgan fingerprint density at radius 3 is 2.86 bits per heavy atom. The summed E-state index contributed by atoms with van der Waals surface area (Å²) in [6, 6.07) is 0. The number of thioether (sulfide) groups is 1. The van der Waals surface area contributed by atoms with E-state index in [2.05, 4.69) is 12.2 Å². The van der Waals surface area contributed by atoms with Gasteiger partial charge in [0, 0.05) is 18.8 Å². The largest absolute Gasteiger partial charge is 0.315 e. The zero-order valence-corrected chi connectivity index (χ0v) is 10.3. The number of nitrogens with one attached hydrogen (secondary N) is 1. The zero-order chi connectivity index (χ0) is 10.4. The van der Waals surface area contributed by atoms with Gasteiger partial charge < -0.3 is 5.32 Å². The molecule has 1 N–H and O–H groups in total. The van der Waals surface area contributed by atoms with E-state index in [0.717, 1.165) is 30.9 Å². The molecule has 1 fully saturated rings. The maximum atomic E-state index is 11.4. The number of hydrogen-bond donors (Lipinski definition) is 1. The van der Waals surface area contributed by atoms with Gasteiger partial charge in [-0.15, -0.1) is 0 Å². The second kappa shape index (κ2) is 5.98. The molecule has 0 aromatic rings. The van der Waals surface area contributed by atoms with Crippen LogP contribution in [-0.2, 0) is 9.84 Å². The molecule has 1 rings (SSSR count). The molecule has 0 aromatic heterocycles. The van der Waals surface area contributed by atoms with Gasteiger partial charge in [0.2, 0.25) is 0 Å². The highest BCUT2D eigenvalue weighted by molar-refractivity contribution is 7.99. The molecule has 0 amide bonds. The molecular weight excluding hydrogens is 218 g/mol. The SMILES string of the molecule is CCSCCNCC1CCCS1(=O)=O. The van der Waals surface area contributed by atoms with Crippen molar-refractivity contribution in [2.24, 2.45) is 0 Å². The predicted molar refractivity (Wildman–Crippen MR) is 62.7 cm³/mol. The third-order valence-corrected chi connectivity index (χ3v) is 5.64. The lowest BCUT2D eigenvalue weighted by molar-refractivity contribution is 0.578. The third-order valence-electron chi connectivity index (χ3n) is 2.46. The molecule has 1 atom stereocenters. The highest BCUT2D eigenvalue weighted by Crippen LogP contribution is 2.18. The standard InChI is InChI=1S/C9H19NO2S2/c1-2-13-6-5-10-8-9-4-3-7-14(9,11)12/h9-10H,2-8H2,1H3. The van der Waals surface area contributed by atoms with Crippen molar-refractivity contribution >= 4 is 21.6 Å². The summed E-state index contributed by atoms with van der Waals surface area (Å²) in [7, 11) is -2.75. The van der Waals surface area contributed by atoms with Crippen LogP contribution in [0.15, 0.2) is 0 Å². The van der Waals surface area contributed by atoms with Crippen molar-refractivity contribution in [3.05, 3.63) is 0 Å². The van der Waals surface area contributed by atoms with E-state index >= 15 is 0 Å². The van der Waals surface area contributed by atoms with Crippen molar-refractivity contribution in [2.45, 2.75) is 25.0 Å². The fraction of sp³-hybridized carbons (Fsp3) is 1.00. The number of sulfone groups is 1. The Hall–Kier alpha value is 0.260. The molecule has 0 aliphatic carbocycles. The van der Waals surface area contributed by atoms with Crippen LogP contribution >= 0.6 is 11.8 Å². The molecule has 0 radical (unpaired) electrons. The summed E-state index contributed by atoms with van der Waals surface area (Å²) in [4.78, 5) is 0. The average molecular weight is 237 g/mol. The van der Waals surface area contributed by atoms with Crippen molar-refractivity contribution in [3.8, 4) is 0 Å². The molecule has 1 aliphatic rings. The lowest BCUT2D eigenvalue weighted by Gasteiger charge is -2.09. The molecule has 3 nitrogen and oxygen atoms in total. The van der Waals surface area contributed by atoms with Crippen LogP contribution in [0.4, 0.5) is 0 Å². The smallest absolute Gasteiger partial charge is 0.154 e. The fourth-order valence-electron chi connectivity index (χ4n) is 1.64. The van der Waals surface area contributed by atoms with Gasteiger partial charge in [-0.05, 0) is 18.6 Å². The quantitative estimate of drug-likeness (QED) is 0.697. The van der Waals surface area contributed by atoms with E-state index in [9.17, 15) is 8.42 Å². The van der Waals surface area contributed by atoms with Crippen molar-refractivity contribution in [1.82, 2.24) is 5.32 Å². The minimum absolute atomic E-state index is 0.117. The molecule has 14 heavy (non-hydrogen) atoms. The molecule has 0 saturated carbocycles. The molecule has 1 unspecified atom stereocenters. The Morgan fingerprint density at radius 1 is 1.50 bits per heavy atom. The molecule has 0 bridgehead atoms. The van der Waals surface area contributed by atoms with Gasteiger partial charge in [0.25, 0.3) is 0 Å². The van der Waals surface area contributed by atoms with Gasteiger partial charge in [-0.2, -0.15) is 11.8 Å². The summed E-state index contributed by atoms with van der Waals surface area (Å²) in [5, 5.41) is 3.10. The van der Waals surface area contributed by atoms with Crippen LogP contribution < -0.4 is 5.32 Å². The van der Waals surface area contributed by atoms with Gasteiger partial charge in [-0.1, -0.05) is 6.92 Å². The Balaban J connectivity index is 2.13. The third kappa shape index (κ3) is 3.79. The number of hydrogen-bond acceptors (Lipinski definition) is 4. The van der Waals surface area contributed by atoms with Gasteiger partial charge in [-0.25, -0.2) is 8.42 Å². The van der Waals surface area contributed by atoms with E-state index in [1.165, 1.54) is 0 Å². The van der Waals surface area contributed by atoms with Gasteiger partial charge >= 0.3 is 0 Å². The van der Waals surface area contributed by atoms with E-state index in [4.69, 9.17) is 0 Å². The molecule has 84 valence electrons. The van der Waals surface area contributed by atoms with E-state index in [-0.39, 0.29) is 5.25 Å². The van der Waals surface area contributed by atoms with E-state index < -0.39 is 9.84 Å². The summed E-state index contributed by atoms with van der Waals surface area (Å²) in [5.41, 5.74) is 0. The van der Waals surface area contributed by atoms with Crippen LogP contribution in [0, 0.1) is 0 Å². The Labute approximate surface area is 91.0 Å². The first-order valence-corrected chi connectivity index (χ1v) is 8.04. The van der Waals surface area contributed by atoms with Crippen LogP contribution in [0.5, 0.6) is 0 Å². The average Bonchev–Trinajstić information content (AvgIpc) is 2.45. The topological polar surface area (TPSA) is 46.2 Å². The minimum Gasteiger partial charge on any atom is -0.315 e. The predicted octanol–water partition coefficient (Wildman–Crippen LogP) is 0.906. The monoisotopic (exact) mass is 237 g/mol. The fourth-order valence-corrected chi connectivity index (χ4v) is 4.02. The molecule has 1 saturated heterocycles. The summed E-state index contributed by atoms with van der Waals surface area (Å²) in [5.74, 6) is 2.59. The first-order valence-electron chi connectivity index (χ1n) is 5.17. The van der Waals surface area contributed by atoms with Gasteiger partial charge in [-0.3, -0.25) is 0 Å². The van der Waals surface area contributed by atoms with E-state index in [1.807, 2.05) is 11.8 Å². The second-order valence-corrected chi connectivity index (χ2v) is 7.33. The molecular formula is C9H19NO2S2. The van der Waals surface area contributed by atoms with Gasteiger partial charge in [0.1, 0.15) is 0 Å². The lowest BCUT2D eigenvalue weighted by Crippen LogP contribution is -2.31. The maximum absolute atomic E-state index is 11.4. The van der Waals surface area contributed by atoms with Crippen molar-refractivity contribution in [2.75, 3.05) is 30.3 Å². The Morgan fingerprint density at radius 2 is 2.29 bits per heavy atom. The lowest BCUT2D eigenvalue weighted by atomic mass is 10.2. The molecule has 0 spiro atoms. The molecule has 1 heterocycles. The number of rotatable bonds is 6. The van der Waals surface area contributed by atoms with E-state index in [0.29, 0.717) is 12.3 Å². The Bertz CT molecular complexity index is 252. The normalized spacial score (nSPS) is 25.4. The maximum Gasteiger partial charge on any atom is 0.154 e. The minimum atomic E-state index is -2.75. The highest BCUT2D eigenvalue weighted by Gasteiger charge is 2.30.